The van der Waals surface area contributed by atoms with Gasteiger partial charge in [0.15, 0.2) is 23.3 Å². The summed E-state index contributed by atoms with van der Waals surface area (Å²) in [7, 11) is 5.21. The average Bonchev–Trinajstić information content (AvgIpc) is 2.44. The molecule has 1 rings (SSSR count). The molecule has 0 aliphatic rings. The van der Waals surface area contributed by atoms with Crippen LogP contribution in [0.25, 0.3) is 0 Å². The molecule has 1 aromatic carbocycles. The van der Waals surface area contributed by atoms with Gasteiger partial charge in [-0.25, -0.2) is 22.4 Å². The molecule has 21 heavy (non-hydrogen) atoms. The molecular weight excluding hydrogens is 290 g/mol. The number of nitrogens with zero attached hydrogens (tertiary/aromatic N) is 2. The van der Waals surface area contributed by atoms with Crippen molar-refractivity contribution in [2.75, 3.05) is 34.2 Å². The monoisotopic (exact) mass is 307 g/mol. The quantitative estimate of drug-likeness (QED) is 0.513. The molecule has 0 unspecified atom stereocenters. The highest BCUT2D eigenvalue weighted by Gasteiger charge is 2.19. The van der Waals surface area contributed by atoms with Gasteiger partial charge in [0.05, 0.1) is 0 Å². The maximum Gasteiger partial charge on any atom is 0.317 e. The number of carbonyl (C=O) groups excluding carboxylic acids is 1. The molecule has 0 aliphatic carbocycles. The number of urea groups is 1. The van der Waals surface area contributed by atoms with Crippen molar-refractivity contribution in [3.05, 3.63) is 34.9 Å². The molecule has 0 fully saturated rings. The summed E-state index contributed by atoms with van der Waals surface area (Å²) in [4.78, 5) is 14.9. The molecule has 0 bridgehead atoms. The minimum Gasteiger partial charge on any atom is -0.334 e. The van der Waals surface area contributed by atoms with E-state index >= 15 is 0 Å². The molecular formula is C13H17F4N3O. The predicted molar refractivity (Wildman–Crippen MR) is 69.7 cm³/mol. The Balaban J connectivity index is 2.65. The van der Waals surface area contributed by atoms with Gasteiger partial charge >= 0.3 is 6.03 Å². The summed E-state index contributed by atoms with van der Waals surface area (Å²) in [5.74, 6) is -6.77. The molecule has 0 atom stereocenters. The summed E-state index contributed by atoms with van der Waals surface area (Å²) in [5, 5.41) is 2.31. The summed E-state index contributed by atoms with van der Waals surface area (Å²) in [5.41, 5.74) is -0.458. The molecule has 0 aromatic heterocycles. The highest BCUT2D eigenvalue weighted by atomic mass is 19.2. The van der Waals surface area contributed by atoms with Crippen LogP contribution in [0.1, 0.15) is 5.56 Å². The maximum absolute atomic E-state index is 13.4. The van der Waals surface area contributed by atoms with Crippen LogP contribution < -0.4 is 5.32 Å². The van der Waals surface area contributed by atoms with Crippen molar-refractivity contribution in [1.82, 2.24) is 15.1 Å². The van der Waals surface area contributed by atoms with Crippen LogP contribution in [0.3, 0.4) is 0 Å². The Morgan fingerprint density at radius 3 is 2.24 bits per heavy atom. The highest BCUT2D eigenvalue weighted by molar-refractivity contribution is 5.73. The molecule has 4 nitrogen and oxygen atoms in total. The molecule has 8 heteroatoms. The average molecular weight is 307 g/mol. The first-order valence-corrected chi connectivity index (χ1v) is 6.19. The number of nitrogens with one attached hydrogen (secondary N) is 1. The summed E-state index contributed by atoms with van der Waals surface area (Å²) in [6.45, 7) is 0.608. The van der Waals surface area contributed by atoms with E-state index in [2.05, 4.69) is 5.32 Å². The van der Waals surface area contributed by atoms with Crippen LogP contribution in [-0.4, -0.2) is 50.1 Å². The lowest BCUT2D eigenvalue weighted by molar-refractivity contribution is 0.203. The normalized spacial score (nSPS) is 10.9. The van der Waals surface area contributed by atoms with Crippen molar-refractivity contribution in [1.29, 1.82) is 0 Å². The molecule has 118 valence electrons. The molecule has 0 saturated heterocycles. The van der Waals surface area contributed by atoms with E-state index in [-0.39, 0.29) is 0 Å². The first-order valence-electron chi connectivity index (χ1n) is 6.19. The van der Waals surface area contributed by atoms with Crippen LogP contribution in [0, 0.1) is 23.3 Å². The number of hydrogen-bond donors (Lipinski definition) is 1. The molecule has 0 saturated carbocycles. The summed E-state index contributed by atoms with van der Waals surface area (Å²) in [6.07, 6.45) is 0. The van der Waals surface area contributed by atoms with Crippen LogP contribution in [-0.2, 0) is 6.54 Å². The van der Waals surface area contributed by atoms with Crippen LogP contribution in [0.4, 0.5) is 22.4 Å². The molecule has 2 amide bonds. The zero-order valence-electron chi connectivity index (χ0n) is 12.0. The van der Waals surface area contributed by atoms with Crippen LogP contribution in [0.15, 0.2) is 6.07 Å². The fourth-order valence-corrected chi connectivity index (χ4v) is 1.51. The first-order chi connectivity index (χ1) is 9.73. The topological polar surface area (TPSA) is 35.6 Å². The van der Waals surface area contributed by atoms with Gasteiger partial charge in [-0.2, -0.15) is 0 Å². The Morgan fingerprint density at radius 2 is 1.67 bits per heavy atom. The van der Waals surface area contributed by atoms with Crippen LogP contribution >= 0.6 is 0 Å². The lowest BCUT2D eigenvalue weighted by atomic mass is 10.2. The van der Waals surface area contributed by atoms with Gasteiger partial charge in [0.2, 0.25) is 0 Å². The number of halogens is 4. The molecule has 0 spiro atoms. The Morgan fingerprint density at radius 1 is 1.05 bits per heavy atom. The third-order valence-corrected chi connectivity index (χ3v) is 2.84. The second-order valence-electron chi connectivity index (χ2n) is 4.84. The van der Waals surface area contributed by atoms with Crippen molar-refractivity contribution in [3.8, 4) is 0 Å². The maximum atomic E-state index is 13.4. The first kappa shape index (κ1) is 17.2. The van der Waals surface area contributed by atoms with E-state index in [0.29, 0.717) is 19.2 Å². The number of rotatable bonds is 5. The Bertz CT molecular complexity index is 523. The molecule has 0 radical (unpaired) electrons. The number of hydrogen-bond acceptors (Lipinski definition) is 2. The van der Waals surface area contributed by atoms with Gasteiger partial charge in [0.25, 0.3) is 0 Å². The summed E-state index contributed by atoms with van der Waals surface area (Å²) < 4.78 is 52.2. The second kappa shape index (κ2) is 7.26. The predicted octanol–water partition coefficient (Wildman–Crippen LogP) is 1.95. The highest BCUT2D eigenvalue weighted by Crippen LogP contribution is 2.18. The van der Waals surface area contributed by atoms with E-state index in [1.165, 1.54) is 11.9 Å². The third kappa shape index (κ3) is 4.59. The van der Waals surface area contributed by atoms with Gasteiger partial charge in [-0.1, -0.05) is 0 Å². The fraction of sp³-hybridized carbons (Fsp3) is 0.462. The largest absolute Gasteiger partial charge is 0.334 e. The van der Waals surface area contributed by atoms with E-state index in [4.69, 9.17) is 0 Å². The van der Waals surface area contributed by atoms with Crippen molar-refractivity contribution in [3.63, 3.8) is 0 Å². The number of amides is 2. The van der Waals surface area contributed by atoms with Crippen molar-refractivity contribution < 1.29 is 22.4 Å². The molecule has 1 aromatic rings. The second-order valence-corrected chi connectivity index (χ2v) is 4.84. The van der Waals surface area contributed by atoms with Crippen molar-refractivity contribution in [2.24, 2.45) is 0 Å². The third-order valence-electron chi connectivity index (χ3n) is 2.84. The molecule has 0 aliphatic heterocycles. The lowest BCUT2D eigenvalue weighted by Crippen LogP contribution is -2.40. The van der Waals surface area contributed by atoms with E-state index in [1.807, 2.05) is 19.0 Å². The Labute approximate surface area is 120 Å². The van der Waals surface area contributed by atoms with Gasteiger partial charge in [-0.15, -0.1) is 0 Å². The zero-order valence-corrected chi connectivity index (χ0v) is 12.0. The minimum atomic E-state index is -1.89. The van der Waals surface area contributed by atoms with E-state index in [1.54, 1.807) is 0 Å². The van der Waals surface area contributed by atoms with E-state index in [0.717, 1.165) is 0 Å². The molecule has 0 heterocycles. The smallest absolute Gasteiger partial charge is 0.317 e. The number of benzene rings is 1. The standard InChI is InChI=1S/C13H17F4N3O/c1-19(2)4-5-20(3)13(21)18-7-8-6-9(14)11(16)12(17)10(8)15/h6H,4-5,7H2,1-3H3,(H,18,21). The zero-order chi connectivity index (χ0) is 16.2. The Kier molecular flexibility index (Phi) is 5.95. The van der Waals surface area contributed by atoms with Gasteiger partial charge in [-0.3, -0.25) is 0 Å². The van der Waals surface area contributed by atoms with Gasteiger partial charge < -0.3 is 15.1 Å². The van der Waals surface area contributed by atoms with Gasteiger partial charge in [0, 0.05) is 32.2 Å². The van der Waals surface area contributed by atoms with Crippen LogP contribution in [0.5, 0.6) is 0 Å². The SMILES string of the molecule is CN(C)CCN(C)C(=O)NCc1cc(F)c(F)c(F)c1F. The van der Waals surface area contributed by atoms with E-state index < -0.39 is 41.4 Å². The summed E-state index contributed by atoms with van der Waals surface area (Å²) in [6, 6.07) is -0.00482. The van der Waals surface area contributed by atoms with E-state index in [9.17, 15) is 22.4 Å². The summed E-state index contributed by atoms with van der Waals surface area (Å²) >= 11 is 0. The van der Waals surface area contributed by atoms with Crippen molar-refractivity contribution in [2.45, 2.75) is 6.54 Å². The van der Waals surface area contributed by atoms with Crippen LogP contribution in [0.2, 0.25) is 0 Å². The Hall–Kier alpha value is -1.83. The number of carbonyl (C=O) groups is 1. The van der Waals surface area contributed by atoms with Crippen molar-refractivity contribution >= 4 is 6.03 Å². The fourth-order valence-electron chi connectivity index (χ4n) is 1.51. The van der Waals surface area contributed by atoms with Gasteiger partial charge in [-0.05, 0) is 20.2 Å². The lowest BCUT2D eigenvalue weighted by Gasteiger charge is -2.20. The minimum absolute atomic E-state index is 0.424. The van der Waals surface area contributed by atoms with Gasteiger partial charge in [0.1, 0.15) is 0 Å². The molecule has 1 N–H and O–H groups in total. The number of likely N-dealkylation sites (N-methyl/N-ethyl adjacent to an activating group) is 2.